The molecule has 1 amide bonds. The number of imidazole rings is 1. The van der Waals surface area contributed by atoms with Crippen molar-refractivity contribution >= 4 is 17.4 Å². The van der Waals surface area contributed by atoms with E-state index in [9.17, 15) is 4.79 Å². The fraction of sp³-hybridized carbons (Fsp3) is 0.478. The van der Waals surface area contributed by atoms with Crippen molar-refractivity contribution in [2.24, 2.45) is 5.41 Å². The van der Waals surface area contributed by atoms with Gasteiger partial charge in [-0.05, 0) is 36.8 Å². The average Bonchev–Trinajstić information content (AvgIpc) is 3.42. The maximum absolute atomic E-state index is 12.0. The monoisotopic (exact) mass is 387 g/mol. The molecule has 1 aliphatic heterocycles. The molecule has 6 nitrogen and oxygen atoms in total. The highest BCUT2D eigenvalue weighted by atomic mass is 16.2. The third-order valence-corrected chi connectivity index (χ3v) is 8.05. The minimum atomic E-state index is 0.0964. The van der Waals surface area contributed by atoms with Crippen molar-refractivity contribution in [2.45, 2.75) is 57.8 Å². The van der Waals surface area contributed by atoms with Crippen molar-refractivity contribution in [2.75, 3.05) is 11.4 Å². The molecule has 1 aromatic carbocycles. The summed E-state index contributed by atoms with van der Waals surface area (Å²) in [6.45, 7) is 7.92. The zero-order valence-corrected chi connectivity index (χ0v) is 17.1. The first-order valence-electron chi connectivity index (χ1n) is 10.6. The predicted octanol–water partition coefficient (Wildman–Crippen LogP) is 4.09. The van der Waals surface area contributed by atoms with Gasteiger partial charge in [-0.3, -0.25) is 9.20 Å². The SMILES string of the molecule is CC12CCC(c3nnc4nc(-c5ccc(N6CCCC6=O)cc5)cn4c31)C2(C)C. The highest BCUT2D eigenvalue weighted by Crippen LogP contribution is 2.66. The first kappa shape index (κ1) is 17.1. The van der Waals surface area contributed by atoms with Gasteiger partial charge in [0.15, 0.2) is 0 Å². The van der Waals surface area contributed by atoms with Crippen LogP contribution in [0, 0.1) is 5.41 Å². The van der Waals surface area contributed by atoms with Crippen molar-refractivity contribution in [3.8, 4) is 11.3 Å². The Balaban J connectivity index is 1.43. The van der Waals surface area contributed by atoms with E-state index >= 15 is 0 Å². The Bertz CT molecular complexity index is 1160. The van der Waals surface area contributed by atoms with Gasteiger partial charge in [-0.15, -0.1) is 10.2 Å². The van der Waals surface area contributed by atoms with E-state index < -0.39 is 0 Å². The van der Waals surface area contributed by atoms with E-state index in [1.165, 1.54) is 18.5 Å². The Labute approximate surface area is 170 Å². The first-order chi connectivity index (χ1) is 13.9. The van der Waals surface area contributed by atoms with Gasteiger partial charge < -0.3 is 4.90 Å². The highest BCUT2D eigenvalue weighted by Gasteiger charge is 2.61. The summed E-state index contributed by atoms with van der Waals surface area (Å²) < 4.78 is 2.18. The molecule has 29 heavy (non-hydrogen) atoms. The molecule has 2 atom stereocenters. The number of anilines is 1. The fourth-order valence-corrected chi connectivity index (χ4v) is 5.93. The van der Waals surface area contributed by atoms with Gasteiger partial charge in [-0.25, -0.2) is 4.98 Å². The topological polar surface area (TPSA) is 63.4 Å². The van der Waals surface area contributed by atoms with Crippen LogP contribution in [0.25, 0.3) is 17.0 Å². The van der Waals surface area contributed by atoms with Gasteiger partial charge in [0.1, 0.15) is 0 Å². The van der Waals surface area contributed by atoms with E-state index in [0.29, 0.717) is 18.1 Å². The van der Waals surface area contributed by atoms with Crippen molar-refractivity contribution in [1.29, 1.82) is 0 Å². The summed E-state index contributed by atoms with van der Waals surface area (Å²) in [4.78, 5) is 18.6. The second-order valence-electron chi connectivity index (χ2n) is 9.57. The number of carbonyl (C=O) groups excluding carboxylic acids is 1. The Morgan fingerprint density at radius 3 is 2.62 bits per heavy atom. The minimum absolute atomic E-state index is 0.0964. The van der Waals surface area contributed by atoms with Crippen LogP contribution in [0.2, 0.25) is 0 Å². The number of fused-ring (bicyclic) bond motifs is 7. The largest absolute Gasteiger partial charge is 0.312 e. The first-order valence-corrected chi connectivity index (χ1v) is 10.6. The summed E-state index contributed by atoms with van der Waals surface area (Å²) in [5, 5.41) is 9.07. The number of aromatic nitrogens is 4. The van der Waals surface area contributed by atoms with Crippen molar-refractivity contribution in [3.05, 3.63) is 41.9 Å². The normalized spacial score (nSPS) is 27.2. The van der Waals surface area contributed by atoms with Gasteiger partial charge in [0.2, 0.25) is 5.91 Å². The fourth-order valence-electron chi connectivity index (χ4n) is 5.93. The Morgan fingerprint density at radius 2 is 1.90 bits per heavy atom. The van der Waals surface area contributed by atoms with E-state index in [1.54, 1.807) is 0 Å². The van der Waals surface area contributed by atoms with Crippen LogP contribution in [-0.2, 0) is 10.2 Å². The molecule has 3 heterocycles. The van der Waals surface area contributed by atoms with Crippen LogP contribution >= 0.6 is 0 Å². The van der Waals surface area contributed by atoms with E-state index in [1.807, 2.05) is 29.2 Å². The van der Waals surface area contributed by atoms with Crippen molar-refractivity contribution < 1.29 is 4.79 Å². The van der Waals surface area contributed by atoms with E-state index in [-0.39, 0.29) is 16.7 Å². The lowest BCUT2D eigenvalue weighted by molar-refractivity contribution is -0.117. The molecule has 2 fully saturated rings. The molecule has 2 unspecified atom stereocenters. The second-order valence-corrected chi connectivity index (χ2v) is 9.57. The smallest absolute Gasteiger partial charge is 0.254 e. The molecule has 0 spiro atoms. The molecule has 2 aliphatic carbocycles. The summed E-state index contributed by atoms with van der Waals surface area (Å²) >= 11 is 0. The number of amides is 1. The van der Waals surface area contributed by atoms with Crippen LogP contribution in [0.5, 0.6) is 0 Å². The standard InChI is InChI=1S/C23H25N5O/c1-22(2)16-10-11-23(22,3)20-19(16)25-26-21-24-17(13-28(20)21)14-6-8-15(9-7-14)27-12-4-5-18(27)29/h6-9,13,16H,4-5,10-12H2,1-3H3. The van der Waals surface area contributed by atoms with Gasteiger partial charge in [0, 0.05) is 41.7 Å². The number of benzene rings is 1. The lowest BCUT2D eigenvalue weighted by atomic mass is 9.70. The summed E-state index contributed by atoms with van der Waals surface area (Å²) in [5.74, 6) is 1.35. The molecule has 2 aromatic heterocycles. The zero-order chi connectivity index (χ0) is 20.0. The predicted molar refractivity (Wildman–Crippen MR) is 111 cm³/mol. The van der Waals surface area contributed by atoms with Crippen molar-refractivity contribution in [1.82, 2.24) is 19.6 Å². The lowest BCUT2D eigenvalue weighted by Crippen LogP contribution is -2.32. The molecule has 2 bridgehead atoms. The Kier molecular flexibility index (Phi) is 3.21. The maximum Gasteiger partial charge on any atom is 0.254 e. The zero-order valence-electron chi connectivity index (χ0n) is 17.1. The van der Waals surface area contributed by atoms with Crippen molar-refractivity contribution in [3.63, 3.8) is 0 Å². The molecule has 0 radical (unpaired) electrons. The number of nitrogens with zero attached hydrogens (tertiary/aromatic N) is 5. The van der Waals surface area contributed by atoms with Crippen LogP contribution < -0.4 is 4.90 Å². The van der Waals surface area contributed by atoms with Gasteiger partial charge in [-0.1, -0.05) is 32.9 Å². The Hall–Kier alpha value is -2.76. The van der Waals surface area contributed by atoms with Gasteiger partial charge in [0.25, 0.3) is 5.78 Å². The van der Waals surface area contributed by atoms with Crippen LogP contribution in [0.4, 0.5) is 5.69 Å². The molecule has 6 heteroatoms. The molecule has 1 saturated heterocycles. The highest BCUT2D eigenvalue weighted by molar-refractivity contribution is 5.95. The maximum atomic E-state index is 12.0. The van der Waals surface area contributed by atoms with Crippen LogP contribution in [0.15, 0.2) is 30.5 Å². The number of hydrogen-bond donors (Lipinski definition) is 0. The molecular formula is C23H25N5O. The number of hydrogen-bond acceptors (Lipinski definition) is 4. The quantitative estimate of drug-likeness (QED) is 0.664. The molecular weight excluding hydrogens is 362 g/mol. The lowest BCUT2D eigenvalue weighted by Gasteiger charge is -2.34. The summed E-state index contributed by atoms with van der Waals surface area (Å²) in [7, 11) is 0. The summed E-state index contributed by atoms with van der Waals surface area (Å²) in [5.41, 5.74) is 5.63. The average molecular weight is 387 g/mol. The van der Waals surface area contributed by atoms with Gasteiger partial charge >= 0.3 is 0 Å². The molecule has 3 aromatic rings. The second kappa shape index (κ2) is 5.43. The summed E-state index contributed by atoms with van der Waals surface area (Å²) in [6, 6.07) is 8.14. The third kappa shape index (κ3) is 2.07. The van der Waals surface area contributed by atoms with Crippen LogP contribution in [-0.4, -0.2) is 32.0 Å². The van der Waals surface area contributed by atoms with E-state index in [0.717, 1.165) is 35.6 Å². The van der Waals surface area contributed by atoms with Crippen LogP contribution in [0.3, 0.4) is 0 Å². The molecule has 1 saturated carbocycles. The third-order valence-electron chi connectivity index (χ3n) is 8.05. The minimum Gasteiger partial charge on any atom is -0.312 e. The summed E-state index contributed by atoms with van der Waals surface area (Å²) in [6.07, 6.45) is 6.07. The van der Waals surface area contributed by atoms with E-state index in [4.69, 9.17) is 4.98 Å². The Morgan fingerprint density at radius 1 is 1.10 bits per heavy atom. The molecule has 6 rings (SSSR count). The molecule has 3 aliphatic rings. The van der Waals surface area contributed by atoms with Gasteiger partial charge in [0.05, 0.1) is 17.1 Å². The van der Waals surface area contributed by atoms with Gasteiger partial charge in [-0.2, -0.15) is 0 Å². The number of carbonyl (C=O) groups is 1. The number of rotatable bonds is 2. The molecule has 0 N–H and O–H groups in total. The molecule has 148 valence electrons. The van der Waals surface area contributed by atoms with Crippen LogP contribution in [0.1, 0.15) is 63.8 Å². The van der Waals surface area contributed by atoms with E-state index in [2.05, 4.69) is 41.6 Å².